The van der Waals surface area contributed by atoms with Gasteiger partial charge in [-0.2, -0.15) is 0 Å². The van der Waals surface area contributed by atoms with Gasteiger partial charge in [-0.1, -0.05) is 37.3 Å². The standard InChI is InChI=1S/C15H26N2O/c1-4-17(13(2)12-18-3)11-10-15(16)14-8-6-5-7-9-14/h5-9,13,15H,4,10-12,16H2,1-3H3. The summed E-state index contributed by atoms with van der Waals surface area (Å²) in [5.74, 6) is 0. The molecule has 3 heteroatoms. The zero-order chi connectivity index (χ0) is 13.4. The molecule has 1 aromatic carbocycles. The van der Waals surface area contributed by atoms with Crippen molar-refractivity contribution in [1.82, 2.24) is 4.90 Å². The quantitative estimate of drug-likeness (QED) is 0.770. The molecular formula is C15H26N2O. The Morgan fingerprint density at radius 1 is 1.28 bits per heavy atom. The van der Waals surface area contributed by atoms with Crippen molar-refractivity contribution >= 4 is 0 Å². The highest BCUT2D eigenvalue weighted by molar-refractivity contribution is 5.18. The van der Waals surface area contributed by atoms with Crippen LogP contribution >= 0.6 is 0 Å². The average Bonchev–Trinajstić information content (AvgIpc) is 2.40. The van der Waals surface area contributed by atoms with Crippen LogP contribution in [-0.2, 0) is 4.74 Å². The first-order valence-electron chi connectivity index (χ1n) is 6.72. The van der Waals surface area contributed by atoms with Gasteiger partial charge in [0.1, 0.15) is 0 Å². The Kier molecular flexibility index (Phi) is 6.94. The van der Waals surface area contributed by atoms with Gasteiger partial charge in [-0.25, -0.2) is 0 Å². The fourth-order valence-electron chi connectivity index (χ4n) is 2.21. The lowest BCUT2D eigenvalue weighted by molar-refractivity contribution is 0.101. The lowest BCUT2D eigenvalue weighted by atomic mass is 10.0. The molecule has 0 bridgehead atoms. The van der Waals surface area contributed by atoms with Crippen molar-refractivity contribution in [3.05, 3.63) is 35.9 Å². The molecule has 1 rings (SSSR count). The molecule has 0 heterocycles. The molecule has 3 nitrogen and oxygen atoms in total. The number of likely N-dealkylation sites (N-methyl/N-ethyl adjacent to an activating group) is 1. The number of hydrogen-bond acceptors (Lipinski definition) is 3. The molecule has 0 aromatic heterocycles. The van der Waals surface area contributed by atoms with E-state index in [4.69, 9.17) is 10.5 Å². The lowest BCUT2D eigenvalue weighted by Gasteiger charge is -2.28. The van der Waals surface area contributed by atoms with Crippen molar-refractivity contribution in [3.63, 3.8) is 0 Å². The number of nitrogens with zero attached hydrogens (tertiary/aromatic N) is 1. The molecule has 0 aliphatic rings. The average molecular weight is 250 g/mol. The number of ether oxygens (including phenoxy) is 1. The summed E-state index contributed by atoms with van der Waals surface area (Å²) in [6, 6.07) is 10.9. The number of nitrogens with two attached hydrogens (primary N) is 1. The van der Waals surface area contributed by atoms with Crippen molar-refractivity contribution in [3.8, 4) is 0 Å². The summed E-state index contributed by atoms with van der Waals surface area (Å²) in [5.41, 5.74) is 7.43. The van der Waals surface area contributed by atoms with Gasteiger partial charge in [0.05, 0.1) is 6.61 Å². The first kappa shape index (κ1) is 15.2. The minimum atomic E-state index is 0.120. The van der Waals surface area contributed by atoms with E-state index >= 15 is 0 Å². The van der Waals surface area contributed by atoms with Gasteiger partial charge in [0, 0.05) is 25.7 Å². The van der Waals surface area contributed by atoms with Crippen molar-refractivity contribution in [2.75, 3.05) is 26.8 Å². The van der Waals surface area contributed by atoms with Gasteiger partial charge in [-0.3, -0.25) is 4.90 Å². The molecule has 2 N–H and O–H groups in total. The van der Waals surface area contributed by atoms with Gasteiger partial charge in [-0.05, 0) is 25.5 Å². The zero-order valence-electron chi connectivity index (χ0n) is 11.8. The van der Waals surface area contributed by atoms with Crippen LogP contribution in [0.5, 0.6) is 0 Å². The highest BCUT2D eigenvalue weighted by atomic mass is 16.5. The zero-order valence-corrected chi connectivity index (χ0v) is 11.8. The van der Waals surface area contributed by atoms with Gasteiger partial charge in [0.25, 0.3) is 0 Å². The summed E-state index contributed by atoms with van der Waals surface area (Å²) in [6.45, 7) is 7.19. The van der Waals surface area contributed by atoms with E-state index in [1.54, 1.807) is 7.11 Å². The summed E-state index contributed by atoms with van der Waals surface area (Å²) < 4.78 is 5.20. The number of methoxy groups -OCH3 is 1. The van der Waals surface area contributed by atoms with Gasteiger partial charge in [0.2, 0.25) is 0 Å². The third-order valence-corrected chi connectivity index (χ3v) is 3.39. The van der Waals surface area contributed by atoms with Crippen LogP contribution in [0, 0.1) is 0 Å². The summed E-state index contributed by atoms with van der Waals surface area (Å²) in [6.07, 6.45) is 0.978. The Bertz CT molecular complexity index is 316. The van der Waals surface area contributed by atoms with Crippen molar-refractivity contribution in [2.45, 2.75) is 32.4 Å². The van der Waals surface area contributed by atoms with Crippen LogP contribution in [0.2, 0.25) is 0 Å². The molecule has 2 unspecified atom stereocenters. The van der Waals surface area contributed by atoms with Gasteiger partial charge >= 0.3 is 0 Å². The highest BCUT2D eigenvalue weighted by Gasteiger charge is 2.13. The predicted octanol–water partition coefficient (Wildman–Crippen LogP) is 2.43. The number of rotatable bonds is 8. The topological polar surface area (TPSA) is 38.5 Å². The van der Waals surface area contributed by atoms with E-state index in [1.165, 1.54) is 5.56 Å². The Morgan fingerprint density at radius 2 is 1.94 bits per heavy atom. The molecule has 0 fully saturated rings. The van der Waals surface area contributed by atoms with Crippen LogP contribution in [0.25, 0.3) is 0 Å². The van der Waals surface area contributed by atoms with Crippen LogP contribution in [0.4, 0.5) is 0 Å². The van der Waals surface area contributed by atoms with E-state index in [1.807, 2.05) is 18.2 Å². The largest absolute Gasteiger partial charge is 0.383 e. The van der Waals surface area contributed by atoms with Crippen LogP contribution in [-0.4, -0.2) is 37.7 Å². The normalized spacial score (nSPS) is 14.7. The Labute approximate surface area is 111 Å². The summed E-state index contributed by atoms with van der Waals surface area (Å²) in [5, 5.41) is 0. The van der Waals surface area contributed by atoms with Crippen LogP contribution in [0.1, 0.15) is 31.9 Å². The third kappa shape index (κ3) is 4.77. The molecule has 102 valence electrons. The summed E-state index contributed by atoms with van der Waals surface area (Å²) in [7, 11) is 1.75. The van der Waals surface area contributed by atoms with Crippen molar-refractivity contribution in [1.29, 1.82) is 0 Å². The lowest BCUT2D eigenvalue weighted by Crippen LogP contribution is -2.37. The molecule has 18 heavy (non-hydrogen) atoms. The Morgan fingerprint density at radius 3 is 2.50 bits per heavy atom. The number of benzene rings is 1. The maximum Gasteiger partial charge on any atom is 0.0615 e. The molecule has 0 saturated heterocycles. The van der Waals surface area contributed by atoms with Crippen LogP contribution in [0.15, 0.2) is 30.3 Å². The Balaban J connectivity index is 2.43. The van der Waals surface area contributed by atoms with Crippen LogP contribution < -0.4 is 5.73 Å². The van der Waals surface area contributed by atoms with Gasteiger partial charge in [-0.15, -0.1) is 0 Å². The molecule has 1 aromatic rings. The molecular weight excluding hydrogens is 224 g/mol. The second-order valence-corrected chi connectivity index (χ2v) is 4.74. The summed E-state index contributed by atoms with van der Waals surface area (Å²) in [4.78, 5) is 2.41. The second kappa shape index (κ2) is 8.25. The smallest absolute Gasteiger partial charge is 0.0615 e. The van der Waals surface area contributed by atoms with E-state index in [2.05, 4.69) is 30.9 Å². The highest BCUT2D eigenvalue weighted by Crippen LogP contribution is 2.14. The van der Waals surface area contributed by atoms with E-state index in [-0.39, 0.29) is 6.04 Å². The first-order chi connectivity index (χ1) is 8.69. The Hall–Kier alpha value is -0.900. The van der Waals surface area contributed by atoms with Crippen molar-refractivity contribution in [2.24, 2.45) is 5.73 Å². The minimum Gasteiger partial charge on any atom is -0.383 e. The fraction of sp³-hybridized carbons (Fsp3) is 0.600. The maximum absolute atomic E-state index is 6.21. The summed E-state index contributed by atoms with van der Waals surface area (Å²) >= 11 is 0. The second-order valence-electron chi connectivity index (χ2n) is 4.74. The molecule has 0 spiro atoms. The SMILES string of the molecule is CCN(CCC(N)c1ccccc1)C(C)COC. The number of hydrogen-bond donors (Lipinski definition) is 1. The fourth-order valence-corrected chi connectivity index (χ4v) is 2.21. The van der Waals surface area contributed by atoms with Crippen LogP contribution in [0.3, 0.4) is 0 Å². The van der Waals surface area contributed by atoms with Gasteiger partial charge in [0.15, 0.2) is 0 Å². The molecule has 0 radical (unpaired) electrons. The molecule has 2 atom stereocenters. The van der Waals surface area contributed by atoms with E-state index in [9.17, 15) is 0 Å². The molecule has 0 aliphatic heterocycles. The van der Waals surface area contributed by atoms with Crippen molar-refractivity contribution < 1.29 is 4.74 Å². The maximum atomic E-state index is 6.21. The molecule has 0 aliphatic carbocycles. The minimum absolute atomic E-state index is 0.120. The van der Waals surface area contributed by atoms with E-state index in [0.717, 1.165) is 26.1 Å². The van der Waals surface area contributed by atoms with E-state index in [0.29, 0.717) is 6.04 Å². The molecule has 0 amide bonds. The van der Waals surface area contributed by atoms with Gasteiger partial charge < -0.3 is 10.5 Å². The molecule has 0 saturated carbocycles. The third-order valence-electron chi connectivity index (χ3n) is 3.39. The first-order valence-corrected chi connectivity index (χ1v) is 6.72. The monoisotopic (exact) mass is 250 g/mol. The predicted molar refractivity (Wildman–Crippen MR) is 76.6 cm³/mol. The van der Waals surface area contributed by atoms with E-state index < -0.39 is 0 Å².